The number of aromatic nitrogens is 3. The third-order valence-corrected chi connectivity index (χ3v) is 5.06. The zero-order chi connectivity index (χ0) is 17.3. The van der Waals surface area contributed by atoms with Crippen LogP contribution in [0.4, 0.5) is 0 Å². The molecule has 26 heavy (non-hydrogen) atoms. The fourth-order valence-electron chi connectivity index (χ4n) is 2.61. The van der Waals surface area contributed by atoms with Gasteiger partial charge in [0, 0.05) is 34.6 Å². The van der Waals surface area contributed by atoms with Crippen molar-refractivity contribution in [3.63, 3.8) is 0 Å². The van der Waals surface area contributed by atoms with E-state index in [1.165, 1.54) is 0 Å². The lowest BCUT2D eigenvalue weighted by molar-refractivity contribution is 0.407. The van der Waals surface area contributed by atoms with E-state index in [4.69, 9.17) is 9.47 Å². The number of nitrogens with one attached hydrogen (secondary N) is 1. The number of hydrogen-bond acceptors (Lipinski definition) is 5. The Morgan fingerprint density at radius 1 is 1.15 bits per heavy atom. The smallest absolute Gasteiger partial charge is 0.322 e. The van der Waals surface area contributed by atoms with Gasteiger partial charge < -0.3 is 25.0 Å². The Kier molecular flexibility index (Phi) is 7.40. The third kappa shape index (κ3) is 4.07. The van der Waals surface area contributed by atoms with Crippen molar-refractivity contribution in [2.75, 3.05) is 14.2 Å². The minimum atomic E-state index is -1.33. The molecule has 0 aliphatic carbocycles. The van der Waals surface area contributed by atoms with Crippen LogP contribution in [0.2, 0.25) is 0 Å². The van der Waals surface area contributed by atoms with Crippen molar-refractivity contribution in [2.24, 2.45) is 0 Å². The van der Waals surface area contributed by atoms with Gasteiger partial charge in [0.05, 0.1) is 30.9 Å². The molecule has 1 aromatic carbocycles. The number of benzene rings is 1. The molecule has 3 aromatic rings. The average Bonchev–Trinajstić information content (AvgIpc) is 3.01. The van der Waals surface area contributed by atoms with E-state index < -0.39 is 11.2 Å². The maximum atomic E-state index is 12.7. The number of H-pyrrole nitrogens is 1. The molecule has 2 heterocycles. The minimum absolute atomic E-state index is 0. The summed E-state index contributed by atoms with van der Waals surface area (Å²) in [5.74, 6) is 1.78. The quantitative estimate of drug-likeness (QED) is 0.661. The molecule has 0 aliphatic heterocycles. The van der Waals surface area contributed by atoms with Crippen LogP contribution >= 0.6 is 0 Å². The van der Waals surface area contributed by atoms with Gasteiger partial charge in [0.2, 0.25) is 0 Å². The monoisotopic (exact) mass is 381 g/mol. The molecule has 0 bridgehead atoms. The summed E-state index contributed by atoms with van der Waals surface area (Å²) in [7, 11) is 3.23. The summed E-state index contributed by atoms with van der Waals surface area (Å²) in [6, 6.07) is 5.51. The first-order valence-corrected chi connectivity index (χ1v) is 8.76. The molecule has 5 N–H and O–H groups in total. The van der Waals surface area contributed by atoms with E-state index in [2.05, 4.69) is 15.0 Å². The van der Waals surface area contributed by atoms with Gasteiger partial charge in [-0.1, -0.05) is 0 Å². The second-order valence-electron chi connectivity index (χ2n) is 5.46. The van der Waals surface area contributed by atoms with Gasteiger partial charge in [-0.2, -0.15) is 4.98 Å². The maximum Gasteiger partial charge on any atom is 0.322 e. The van der Waals surface area contributed by atoms with E-state index in [1.807, 2.05) is 32.0 Å². The maximum absolute atomic E-state index is 12.7. The van der Waals surface area contributed by atoms with Gasteiger partial charge in [0.15, 0.2) is 5.75 Å². The van der Waals surface area contributed by atoms with E-state index in [1.54, 1.807) is 20.4 Å². The van der Waals surface area contributed by atoms with Crippen LogP contribution in [0.3, 0.4) is 0 Å². The van der Waals surface area contributed by atoms with E-state index in [9.17, 15) is 4.55 Å². The topological polar surface area (TPSA) is 146 Å². The van der Waals surface area contributed by atoms with E-state index in [-0.39, 0.29) is 16.7 Å². The molecule has 1 unspecified atom stereocenters. The van der Waals surface area contributed by atoms with Gasteiger partial charge in [0.25, 0.3) is 0 Å². The van der Waals surface area contributed by atoms with Crippen LogP contribution in [0.15, 0.2) is 29.6 Å². The van der Waals surface area contributed by atoms with Crippen molar-refractivity contribution in [3.8, 4) is 11.5 Å². The minimum Gasteiger partial charge on any atom is -0.609 e. The highest BCUT2D eigenvalue weighted by Crippen LogP contribution is 2.27. The summed E-state index contributed by atoms with van der Waals surface area (Å²) in [5.41, 5.74) is 4.16. The number of methoxy groups -OCH3 is 2. The van der Waals surface area contributed by atoms with Crippen molar-refractivity contribution >= 4 is 22.2 Å². The Balaban J connectivity index is 0.00000169. The second kappa shape index (κ2) is 8.86. The molecule has 1 atom stereocenters. The molecule has 8 nitrogen and oxygen atoms in total. The Hall–Kier alpha value is -2.33. The molecule has 0 aliphatic rings. The number of aromatic amines is 1. The number of aryl methyl sites for hydroxylation is 1. The SMILES string of the molecule is COc1ccc2[nH]c([S+]([O-])Cc3ncc(C)c(OC)c3C)nc2c1.O.O. The number of imidazole rings is 1. The summed E-state index contributed by atoms with van der Waals surface area (Å²) in [5, 5.41) is 0.430. The van der Waals surface area contributed by atoms with Crippen LogP contribution < -0.4 is 9.47 Å². The summed E-state index contributed by atoms with van der Waals surface area (Å²) in [6.07, 6.45) is 1.74. The lowest BCUT2D eigenvalue weighted by atomic mass is 10.1. The Morgan fingerprint density at radius 2 is 1.88 bits per heavy atom. The van der Waals surface area contributed by atoms with Crippen LogP contribution in [-0.4, -0.2) is 44.7 Å². The molecule has 0 radical (unpaired) electrons. The highest BCUT2D eigenvalue weighted by molar-refractivity contribution is 7.90. The van der Waals surface area contributed by atoms with Crippen LogP contribution in [0, 0.1) is 13.8 Å². The fourth-order valence-corrected chi connectivity index (χ4v) is 3.71. The second-order valence-corrected chi connectivity index (χ2v) is 6.83. The third-order valence-electron chi connectivity index (χ3n) is 3.90. The molecule has 2 aromatic heterocycles. The molecule has 0 spiro atoms. The molecule has 142 valence electrons. The predicted octanol–water partition coefficient (Wildman–Crippen LogP) is 1.25. The zero-order valence-electron chi connectivity index (χ0n) is 15.0. The molecule has 9 heteroatoms. The average molecular weight is 381 g/mol. The van der Waals surface area contributed by atoms with Crippen molar-refractivity contribution in [3.05, 3.63) is 41.2 Å². The van der Waals surface area contributed by atoms with Crippen molar-refractivity contribution in [2.45, 2.75) is 24.8 Å². The molecule has 0 saturated carbocycles. The Morgan fingerprint density at radius 3 is 2.54 bits per heavy atom. The van der Waals surface area contributed by atoms with Crippen molar-refractivity contribution in [1.29, 1.82) is 0 Å². The molecule has 0 fully saturated rings. The molecular weight excluding hydrogens is 358 g/mol. The summed E-state index contributed by atoms with van der Waals surface area (Å²) in [4.78, 5) is 11.9. The van der Waals surface area contributed by atoms with Crippen LogP contribution in [-0.2, 0) is 16.9 Å². The van der Waals surface area contributed by atoms with Crippen molar-refractivity contribution in [1.82, 2.24) is 15.0 Å². The summed E-state index contributed by atoms with van der Waals surface area (Å²) < 4.78 is 23.3. The van der Waals surface area contributed by atoms with Crippen molar-refractivity contribution < 1.29 is 25.0 Å². The van der Waals surface area contributed by atoms with Gasteiger partial charge in [-0.15, -0.1) is 0 Å². The van der Waals surface area contributed by atoms with E-state index in [0.717, 1.165) is 33.6 Å². The first-order valence-electron chi connectivity index (χ1n) is 7.44. The van der Waals surface area contributed by atoms with Crippen LogP contribution in [0.25, 0.3) is 11.0 Å². The molecular formula is C17H23N3O5S. The number of hydrogen-bond donors (Lipinski definition) is 1. The number of ether oxygens (including phenoxy) is 2. The fraction of sp³-hybridized carbons (Fsp3) is 0.294. The molecule has 3 rings (SSSR count). The zero-order valence-corrected chi connectivity index (χ0v) is 15.9. The highest BCUT2D eigenvalue weighted by atomic mass is 32.2. The lowest BCUT2D eigenvalue weighted by Gasteiger charge is -2.13. The van der Waals surface area contributed by atoms with Gasteiger partial charge >= 0.3 is 5.16 Å². The Bertz CT molecular complexity index is 884. The number of nitrogens with zero attached hydrogens (tertiary/aromatic N) is 2. The predicted molar refractivity (Wildman–Crippen MR) is 100 cm³/mol. The highest BCUT2D eigenvalue weighted by Gasteiger charge is 2.21. The van der Waals surface area contributed by atoms with Gasteiger partial charge in [0.1, 0.15) is 11.5 Å². The van der Waals surface area contributed by atoms with Gasteiger partial charge in [-0.05, 0) is 26.0 Å². The number of pyridine rings is 1. The standard InChI is InChI=1S/C17H19N3O3S.2H2O/c1-10-8-18-15(11(2)16(10)23-4)9-24(21)17-19-13-6-5-12(22-3)7-14(13)20-17;;/h5-8H,9H2,1-4H3,(H,19,20);2*1H2. The van der Waals surface area contributed by atoms with Gasteiger partial charge in [-0.25, -0.2) is 0 Å². The molecule has 0 saturated heterocycles. The van der Waals surface area contributed by atoms with Crippen LogP contribution in [0.1, 0.15) is 16.8 Å². The molecule has 0 amide bonds. The normalized spacial score (nSPS) is 11.4. The lowest BCUT2D eigenvalue weighted by Crippen LogP contribution is -2.10. The largest absolute Gasteiger partial charge is 0.609 e. The van der Waals surface area contributed by atoms with Crippen LogP contribution in [0.5, 0.6) is 11.5 Å². The van der Waals surface area contributed by atoms with Gasteiger partial charge in [-0.3, -0.25) is 9.97 Å². The number of rotatable bonds is 5. The first-order chi connectivity index (χ1) is 11.5. The first kappa shape index (κ1) is 21.7. The summed E-state index contributed by atoms with van der Waals surface area (Å²) in [6.45, 7) is 3.86. The summed E-state index contributed by atoms with van der Waals surface area (Å²) >= 11 is -1.33. The Labute approximate surface area is 154 Å². The van der Waals surface area contributed by atoms with E-state index in [0.29, 0.717) is 10.9 Å². The van der Waals surface area contributed by atoms with E-state index >= 15 is 0 Å². The number of fused-ring (bicyclic) bond motifs is 1.